The van der Waals surface area contributed by atoms with E-state index in [1.165, 1.54) is 5.69 Å². The van der Waals surface area contributed by atoms with Crippen LogP contribution in [-0.2, 0) is 5.66 Å². The molecular formula is C27H33Cl3N6O. The van der Waals surface area contributed by atoms with Crippen molar-refractivity contribution >= 4 is 65.3 Å². The quantitative estimate of drug-likeness (QED) is 0.289. The number of anilines is 3. The topological polar surface area (TPSA) is 68.5 Å². The minimum absolute atomic E-state index is 0. The first-order valence-corrected chi connectivity index (χ1v) is 12.0. The Balaban J connectivity index is 0.00000127. The molecule has 37 heavy (non-hydrogen) atoms. The normalized spacial score (nSPS) is 18.5. The van der Waals surface area contributed by atoms with Crippen LogP contribution in [0.1, 0.15) is 18.1 Å². The highest BCUT2D eigenvalue weighted by Gasteiger charge is 2.40. The molecule has 7 nitrogen and oxygen atoms in total. The van der Waals surface area contributed by atoms with Gasteiger partial charge in [-0.15, -0.1) is 37.2 Å². The van der Waals surface area contributed by atoms with Gasteiger partial charge in [0.25, 0.3) is 0 Å². The van der Waals surface area contributed by atoms with Gasteiger partial charge in [0.15, 0.2) is 5.66 Å². The van der Waals surface area contributed by atoms with Crippen LogP contribution in [-0.4, -0.2) is 54.7 Å². The lowest BCUT2D eigenvalue weighted by atomic mass is 9.91. The first kappa shape index (κ1) is 28.7. The van der Waals surface area contributed by atoms with Crippen LogP contribution in [0.3, 0.4) is 0 Å². The first-order valence-electron chi connectivity index (χ1n) is 12.0. The predicted molar refractivity (Wildman–Crippen MR) is 160 cm³/mol. The summed E-state index contributed by atoms with van der Waals surface area (Å²) in [4.78, 5) is 12.5. The Hall–Kier alpha value is -2.84. The molecule has 1 atom stereocenters. The number of hydrogen-bond acceptors (Lipinski definition) is 6. The second-order valence-electron chi connectivity index (χ2n) is 9.11. The van der Waals surface area contributed by atoms with Crippen LogP contribution >= 0.6 is 37.2 Å². The van der Waals surface area contributed by atoms with Gasteiger partial charge in [-0.3, -0.25) is 0 Å². The monoisotopic (exact) mass is 562 g/mol. The van der Waals surface area contributed by atoms with Gasteiger partial charge in [-0.1, -0.05) is 18.2 Å². The fourth-order valence-electron chi connectivity index (χ4n) is 5.03. The maximum atomic E-state index is 5.70. The van der Waals surface area contributed by atoms with E-state index in [1.807, 2.05) is 19.1 Å². The summed E-state index contributed by atoms with van der Waals surface area (Å²) >= 11 is 0. The molecule has 4 aromatic rings. The van der Waals surface area contributed by atoms with Crippen molar-refractivity contribution in [3.8, 4) is 5.75 Å². The van der Waals surface area contributed by atoms with Crippen LogP contribution in [0.5, 0.6) is 5.75 Å². The number of rotatable bonds is 5. The Morgan fingerprint density at radius 1 is 0.838 bits per heavy atom. The van der Waals surface area contributed by atoms with Gasteiger partial charge in [0.2, 0.25) is 0 Å². The zero-order valence-electron chi connectivity index (χ0n) is 20.9. The van der Waals surface area contributed by atoms with Crippen LogP contribution in [0, 0.1) is 0 Å². The summed E-state index contributed by atoms with van der Waals surface area (Å²) in [5.74, 6) is 0.872. The lowest BCUT2D eigenvalue weighted by Gasteiger charge is -2.34. The molecule has 10 heteroatoms. The zero-order valence-corrected chi connectivity index (χ0v) is 23.3. The number of nitrogens with zero attached hydrogens (tertiary/aromatic N) is 3. The Morgan fingerprint density at radius 2 is 1.54 bits per heavy atom. The van der Waals surface area contributed by atoms with Crippen LogP contribution in [0.2, 0.25) is 0 Å². The standard InChI is InChI=1S/C27H30N6O.3ClH/c1-3-34-22-8-4-19(5-9-22)27(20-6-10-23-25(16-20)29-18-28-23)30-24-11-7-21(17-26(24)31-27)33-14-12-32(2)13-15-33;;;/h4-11,16-18,30-31H,3,12-15H2,1-2H3,(H,28,29);3*1H. The van der Waals surface area contributed by atoms with E-state index in [-0.39, 0.29) is 37.2 Å². The number of imidazole rings is 1. The van der Waals surface area contributed by atoms with Crippen molar-refractivity contribution in [2.24, 2.45) is 0 Å². The van der Waals surface area contributed by atoms with Crippen LogP contribution in [0.15, 0.2) is 67.0 Å². The van der Waals surface area contributed by atoms with E-state index in [0.29, 0.717) is 6.61 Å². The molecular weight excluding hydrogens is 531 g/mol. The molecule has 1 saturated heterocycles. The Kier molecular flexibility index (Phi) is 9.08. The Morgan fingerprint density at radius 3 is 2.27 bits per heavy atom. The molecule has 0 bridgehead atoms. The Bertz CT molecular complexity index is 1320. The van der Waals surface area contributed by atoms with Crippen LogP contribution in [0.25, 0.3) is 11.0 Å². The fourth-order valence-corrected chi connectivity index (χ4v) is 5.03. The third-order valence-electron chi connectivity index (χ3n) is 6.97. The maximum Gasteiger partial charge on any atom is 0.161 e. The molecule has 198 valence electrons. The number of ether oxygens (including phenoxy) is 1. The van der Waals surface area contributed by atoms with Gasteiger partial charge >= 0.3 is 0 Å². The summed E-state index contributed by atoms with van der Waals surface area (Å²) in [5.41, 5.74) is 7.03. The molecule has 1 unspecified atom stereocenters. The van der Waals surface area contributed by atoms with Crippen molar-refractivity contribution < 1.29 is 4.74 Å². The maximum absolute atomic E-state index is 5.70. The number of likely N-dealkylation sites (N-methyl/N-ethyl adjacent to an activating group) is 1. The van der Waals surface area contributed by atoms with Crippen LogP contribution in [0.4, 0.5) is 17.1 Å². The predicted octanol–water partition coefficient (Wildman–Crippen LogP) is 5.72. The van der Waals surface area contributed by atoms with Gasteiger partial charge in [-0.05, 0) is 56.4 Å². The van der Waals surface area contributed by atoms with Gasteiger partial charge in [-0.25, -0.2) is 4.98 Å². The van der Waals surface area contributed by atoms with Crippen LogP contribution < -0.4 is 20.3 Å². The molecule has 2 aliphatic heterocycles. The van der Waals surface area contributed by atoms with E-state index < -0.39 is 5.66 Å². The molecule has 0 radical (unpaired) electrons. The number of nitrogens with one attached hydrogen (secondary N) is 3. The van der Waals surface area contributed by atoms with Crippen molar-refractivity contribution in [1.82, 2.24) is 14.9 Å². The Labute approximate surface area is 236 Å². The highest BCUT2D eigenvalue weighted by molar-refractivity contribution is 5.86. The number of hydrogen-bond donors (Lipinski definition) is 3. The lowest BCUT2D eigenvalue weighted by Crippen LogP contribution is -2.44. The largest absolute Gasteiger partial charge is 0.494 e. The molecule has 0 spiro atoms. The van der Waals surface area contributed by atoms with Gasteiger partial charge in [0.1, 0.15) is 5.75 Å². The summed E-state index contributed by atoms with van der Waals surface area (Å²) in [6.07, 6.45) is 1.74. The van der Waals surface area contributed by atoms with E-state index in [4.69, 9.17) is 4.74 Å². The number of H-pyrrole nitrogens is 1. The second kappa shape index (κ2) is 11.7. The summed E-state index contributed by atoms with van der Waals surface area (Å²) < 4.78 is 5.70. The second-order valence-corrected chi connectivity index (χ2v) is 9.11. The first-order chi connectivity index (χ1) is 16.6. The van der Waals surface area contributed by atoms with Crippen molar-refractivity contribution in [1.29, 1.82) is 0 Å². The SMILES string of the molecule is CCOc1ccc(C2(c3ccc4[nH]cnc4c3)Nc3ccc(N4CCN(C)CC4)cc3N2)cc1.Cl.Cl.Cl. The molecule has 0 saturated carbocycles. The average molecular weight is 564 g/mol. The lowest BCUT2D eigenvalue weighted by molar-refractivity contribution is 0.313. The number of aromatic nitrogens is 2. The molecule has 1 aromatic heterocycles. The smallest absolute Gasteiger partial charge is 0.161 e. The van der Waals surface area contributed by atoms with E-state index >= 15 is 0 Å². The van der Waals surface area contributed by atoms with Gasteiger partial charge in [-0.2, -0.15) is 0 Å². The van der Waals surface area contributed by atoms with E-state index in [0.717, 1.165) is 65.5 Å². The van der Waals surface area contributed by atoms with E-state index in [1.54, 1.807) is 6.33 Å². The molecule has 0 amide bonds. The van der Waals surface area contributed by atoms with Crippen molar-refractivity contribution in [2.45, 2.75) is 12.6 Å². The molecule has 0 aliphatic carbocycles. The van der Waals surface area contributed by atoms with Crippen molar-refractivity contribution in [3.63, 3.8) is 0 Å². The summed E-state index contributed by atoms with van der Waals surface area (Å²) in [6.45, 7) is 6.91. The molecule has 3 N–H and O–H groups in total. The zero-order chi connectivity index (χ0) is 23.1. The van der Waals surface area contributed by atoms with E-state index in [2.05, 4.69) is 86.0 Å². The highest BCUT2D eigenvalue weighted by atomic mass is 35.5. The summed E-state index contributed by atoms with van der Waals surface area (Å²) in [5, 5.41) is 7.66. The van der Waals surface area contributed by atoms with Crippen molar-refractivity contribution in [3.05, 3.63) is 78.1 Å². The van der Waals surface area contributed by atoms with E-state index in [9.17, 15) is 0 Å². The number of fused-ring (bicyclic) bond motifs is 2. The minimum Gasteiger partial charge on any atom is -0.494 e. The van der Waals surface area contributed by atoms with Gasteiger partial charge in [0.05, 0.1) is 35.3 Å². The average Bonchev–Trinajstić information content (AvgIpc) is 3.49. The number of halogens is 3. The number of piperazine rings is 1. The molecule has 2 aliphatic rings. The summed E-state index contributed by atoms with van der Waals surface area (Å²) in [7, 11) is 2.19. The fraction of sp³-hybridized carbons (Fsp3) is 0.296. The third-order valence-corrected chi connectivity index (χ3v) is 6.97. The molecule has 6 rings (SSSR count). The third kappa shape index (κ3) is 5.27. The molecule has 3 aromatic carbocycles. The van der Waals surface area contributed by atoms with Gasteiger partial charge in [0, 0.05) is 43.0 Å². The number of benzene rings is 3. The number of aromatic amines is 1. The molecule has 1 fully saturated rings. The van der Waals surface area contributed by atoms with Crippen molar-refractivity contribution in [2.75, 3.05) is 55.4 Å². The highest BCUT2D eigenvalue weighted by Crippen LogP contribution is 2.45. The summed E-state index contributed by atoms with van der Waals surface area (Å²) in [6, 6.07) is 21.4. The van der Waals surface area contributed by atoms with Gasteiger partial charge < -0.3 is 30.2 Å². The molecule has 3 heterocycles. The minimum atomic E-state index is -0.610.